The number of rotatable bonds is 4. The second-order valence-electron chi connectivity index (χ2n) is 6.10. The van der Waals surface area contributed by atoms with Crippen LogP contribution in [-0.4, -0.2) is 21.7 Å². The first kappa shape index (κ1) is 17.2. The summed E-state index contributed by atoms with van der Waals surface area (Å²) in [6.07, 6.45) is 5.58. The first-order valence-corrected chi connectivity index (χ1v) is 9.24. The lowest BCUT2D eigenvalue weighted by atomic mass is 10.1. The van der Waals surface area contributed by atoms with E-state index in [-0.39, 0.29) is 5.56 Å². The molecule has 2 heterocycles. The third-order valence-electron chi connectivity index (χ3n) is 4.09. The summed E-state index contributed by atoms with van der Waals surface area (Å²) in [6.45, 7) is 2.05. The van der Waals surface area contributed by atoms with Crippen molar-refractivity contribution in [1.29, 1.82) is 0 Å². The van der Waals surface area contributed by atoms with Crippen molar-refractivity contribution in [3.8, 4) is 5.75 Å². The molecule has 4 rings (SSSR count). The SMILES string of the molecule is COc1cccc(/C=c2\sc3nc(/C=C/c4ccc(C)cc4)nn3c2=O)c1. The van der Waals surface area contributed by atoms with E-state index < -0.39 is 0 Å². The Morgan fingerprint density at radius 1 is 1.07 bits per heavy atom. The van der Waals surface area contributed by atoms with E-state index in [1.807, 2.05) is 54.6 Å². The highest BCUT2D eigenvalue weighted by atomic mass is 32.1. The molecule has 0 N–H and O–H groups in total. The lowest BCUT2D eigenvalue weighted by molar-refractivity contribution is 0.414. The van der Waals surface area contributed by atoms with Crippen LogP contribution in [-0.2, 0) is 0 Å². The van der Waals surface area contributed by atoms with Gasteiger partial charge in [0.25, 0.3) is 5.56 Å². The normalized spacial score (nSPS) is 12.3. The van der Waals surface area contributed by atoms with Gasteiger partial charge in [0.05, 0.1) is 11.6 Å². The molecule has 2 aromatic carbocycles. The van der Waals surface area contributed by atoms with Gasteiger partial charge in [0.2, 0.25) is 4.96 Å². The van der Waals surface area contributed by atoms with Gasteiger partial charge < -0.3 is 4.74 Å². The minimum atomic E-state index is -0.166. The van der Waals surface area contributed by atoms with E-state index >= 15 is 0 Å². The van der Waals surface area contributed by atoms with Crippen molar-refractivity contribution in [2.24, 2.45) is 0 Å². The molecule has 4 aromatic rings. The Balaban J connectivity index is 1.66. The van der Waals surface area contributed by atoms with Gasteiger partial charge in [-0.3, -0.25) is 4.79 Å². The average molecular weight is 375 g/mol. The highest BCUT2D eigenvalue weighted by Crippen LogP contribution is 2.13. The molecule has 0 spiro atoms. The molecule has 0 bridgehead atoms. The molecule has 5 nitrogen and oxygen atoms in total. The third-order valence-corrected chi connectivity index (χ3v) is 5.05. The van der Waals surface area contributed by atoms with Crippen molar-refractivity contribution in [3.05, 3.63) is 85.9 Å². The van der Waals surface area contributed by atoms with Gasteiger partial charge in [-0.05, 0) is 42.3 Å². The topological polar surface area (TPSA) is 56.5 Å². The highest BCUT2D eigenvalue weighted by Gasteiger charge is 2.09. The predicted octanol–water partition coefficient (Wildman–Crippen LogP) is 3.19. The van der Waals surface area contributed by atoms with E-state index in [2.05, 4.69) is 29.1 Å². The molecule has 134 valence electrons. The fraction of sp³-hybridized carbons (Fsp3) is 0.0952. The number of nitrogens with zero attached hydrogens (tertiary/aromatic N) is 3. The quantitative estimate of drug-likeness (QED) is 0.550. The van der Waals surface area contributed by atoms with Crippen LogP contribution in [0.4, 0.5) is 0 Å². The van der Waals surface area contributed by atoms with Gasteiger partial charge in [-0.15, -0.1) is 5.10 Å². The molecule has 2 aromatic heterocycles. The summed E-state index contributed by atoms with van der Waals surface area (Å²) in [6, 6.07) is 15.7. The largest absolute Gasteiger partial charge is 0.497 e. The van der Waals surface area contributed by atoms with Gasteiger partial charge in [-0.2, -0.15) is 9.50 Å². The Morgan fingerprint density at radius 3 is 2.63 bits per heavy atom. The zero-order chi connectivity index (χ0) is 18.8. The summed E-state index contributed by atoms with van der Waals surface area (Å²) in [7, 11) is 1.62. The fourth-order valence-corrected chi connectivity index (χ4v) is 3.57. The smallest absolute Gasteiger partial charge is 0.291 e. The lowest BCUT2D eigenvalue weighted by Gasteiger charge is -1.99. The minimum absolute atomic E-state index is 0.166. The Kier molecular flexibility index (Phi) is 4.56. The summed E-state index contributed by atoms with van der Waals surface area (Å²) in [5, 5.41) is 4.31. The maximum absolute atomic E-state index is 12.6. The zero-order valence-corrected chi connectivity index (χ0v) is 15.7. The first-order chi connectivity index (χ1) is 13.1. The molecule has 0 amide bonds. The fourth-order valence-electron chi connectivity index (χ4n) is 2.65. The lowest BCUT2D eigenvalue weighted by Crippen LogP contribution is -2.23. The van der Waals surface area contributed by atoms with E-state index in [1.54, 1.807) is 7.11 Å². The second-order valence-corrected chi connectivity index (χ2v) is 7.11. The minimum Gasteiger partial charge on any atom is -0.497 e. The van der Waals surface area contributed by atoms with Crippen LogP contribution in [0, 0.1) is 6.92 Å². The molecule has 0 fully saturated rings. The first-order valence-electron chi connectivity index (χ1n) is 8.42. The average Bonchev–Trinajstić information content (AvgIpc) is 3.21. The van der Waals surface area contributed by atoms with Crippen molar-refractivity contribution in [1.82, 2.24) is 14.6 Å². The molecular weight excluding hydrogens is 358 g/mol. The molecule has 0 radical (unpaired) electrons. The Morgan fingerprint density at radius 2 is 1.89 bits per heavy atom. The number of fused-ring (bicyclic) bond motifs is 1. The van der Waals surface area contributed by atoms with Gasteiger partial charge in [0, 0.05) is 0 Å². The Labute approximate surface area is 159 Å². The monoisotopic (exact) mass is 375 g/mol. The number of hydrogen-bond donors (Lipinski definition) is 0. The van der Waals surface area contributed by atoms with Crippen molar-refractivity contribution in [3.63, 3.8) is 0 Å². The standard InChI is InChI=1S/C21H17N3O2S/c1-14-6-8-15(9-7-14)10-11-19-22-21-24(23-19)20(25)18(27-21)13-16-4-3-5-17(12-16)26-2/h3-13H,1-2H3/b11-10+,18-13-. The van der Waals surface area contributed by atoms with Crippen LogP contribution >= 0.6 is 11.3 Å². The van der Waals surface area contributed by atoms with E-state index in [1.165, 1.54) is 21.4 Å². The van der Waals surface area contributed by atoms with Gasteiger partial charge >= 0.3 is 0 Å². The summed E-state index contributed by atoms with van der Waals surface area (Å²) >= 11 is 1.32. The number of thiazole rings is 1. The number of hydrogen-bond acceptors (Lipinski definition) is 5. The van der Waals surface area contributed by atoms with Crippen LogP contribution in [0.1, 0.15) is 22.5 Å². The molecule has 0 aliphatic rings. The number of aromatic nitrogens is 3. The van der Waals surface area contributed by atoms with Gasteiger partial charge in [0.15, 0.2) is 5.82 Å². The van der Waals surface area contributed by atoms with Crippen LogP contribution in [0.15, 0.2) is 53.3 Å². The Bertz CT molecular complexity index is 1240. The van der Waals surface area contributed by atoms with Gasteiger partial charge in [0.1, 0.15) is 5.75 Å². The van der Waals surface area contributed by atoms with E-state index in [4.69, 9.17) is 4.74 Å². The molecule has 6 heteroatoms. The number of aryl methyl sites for hydroxylation is 1. The van der Waals surface area contributed by atoms with Crippen LogP contribution in [0.5, 0.6) is 5.75 Å². The van der Waals surface area contributed by atoms with E-state index in [9.17, 15) is 4.79 Å². The van der Waals surface area contributed by atoms with Crippen molar-refractivity contribution < 1.29 is 4.74 Å². The summed E-state index contributed by atoms with van der Waals surface area (Å²) < 4.78 is 7.16. The third kappa shape index (κ3) is 3.66. The van der Waals surface area contributed by atoms with Crippen LogP contribution in [0.3, 0.4) is 0 Å². The van der Waals surface area contributed by atoms with E-state index in [0.717, 1.165) is 16.9 Å². The van der Waals surface area contributed by atoms with Crippen LogP contribution in [0.2, 0.25) is 0 Å². The molecule has 0 atom stereocenters. The van der Waals surface area contributed by atoms with Crippen molar-refractivity contribution in [2.45, 2.75) is 6.92 Å². The highest BCUT2D eigenvalue weighted by molar-refractivity contribution is 7.15. The summed E-state index contributed by atoms with van der Waals surface area (Å²) in [5.74, 6) is 1.27. The predicted molar refractivity (Wildman–Crippen MR) is 109 cm³/mol. The second kappa shape index (κ2) is 7.17. The molecule has 0 aliphatic carbocycles. The zero-order valence-electron chi connectivity index (χ0n) is 14.9. The van der Waals surface area contributed by atoms with Crippen molar-refractivity contribution >= 4 is 34.5 Å². The maximum Gasteiger partial charge on any atom is 0.291 e. The number of methoxy groups -OCH3 is 1. The summed E-state index contributed by atoms with van der Waals surface area (Å²) in [5.41, 5.74) is 3.01. The summed E-state index contributed by atoms with van der Waals surface area (Å²) in [4.78, 5) is 17.6. The molecule has 0 saturated carbocycles. The van der Waals surface area contributed by atoms with Crippen molar-refractivity contribution in [2.75, 3.05) is 7.11 Å². The maximum atomic E-state index is 12.6. The molecule has 27 heavy (non-hydrogen) atoms. The van der Waals surface area contributed by atoms with Gasteiger partial charge in [-0.1, -0.05) is 59.4 Å². The van der Waals surface area contributed by atoms with Crippen LogP contribution in [0.25, 0.3) is 23.2 Å². The number of benzene rings is 2. The molecule has 0 saturated heterocycles. The number of ether oxygens (including phenoxy) is 1. The Hall–Kier alpha value is -3.25. The van der Waals surface area contributed by atoms with E-state index in [0.29, 0.717) is 15.3 Å². The van der Waals surface area contributed by atoms with Crippen LogP contribution < -0.4 is 14.8 Å². The molecule has 0 aliphatic heterocycles. The van der Waals surface area contributed by atoms with Gasteiger partial charge in [-0.25, -0.2) is 0 Å². The molecule has 0 unspecified atom stereocenters. The molecular formula is C21H17N3O2S.